The number of hydrogen-bond acceptors (Lipinski definition) is 3. The standard InChI is InChI=1S/C16H21N3O/c17-9-5-11-19(15-7-2-1-3-8-15)16(20)12-14-6-4-10-18-13-14/h1-3,7-8,14,18H,4-6,10-13H2. The summed E-state index contributed by atoms with van der Waals surface area (Å²) in [5.41, 5.74) is 0.886. The topological polar surface area (TPSA) is 56.1 Å². The molecule has 106 valence electrons. The van der Waals surface area contributed by atoms with Gasteiger partial charge in [0.25, 0.3) is 0 Å². The Morgan fingerprint density at radius 2 is 2.20 bits per heavy atom. The van der Waals surface area contributed by atoms with Crippen molar-refractivity contribution in [2.24, 2.45) is 5.92 Å². The minimum atomic E-state index is 0.125. The Morgan fingerprint density at radius 1 is 1.40 bits per heavy atom. The van der Waals surface area contributed by atoms with Crippen molar-refractivity contribution in [3.63, 3.8) is 0 Å². The molecule has 1 N–H and O–H groups in total. The first kappa shape index (κ1) is 14.5. The van der Waals surface area contributed by atoms with Gasteiger partial charge in [0.05, 0.1) is 12.5 Å². The van der Waals surface area contributed by atoms with E-state index in [-0.39, 0.29) is 5.91 Å². The zero-order valence-corrected chi connectivity index (χ0v) is 11.7. The molecule has 1 atom stereocenters. The molecule has 0 saturated carbocycles. The van der Waals surface area contributed by atoms with Crippen molar-refractivity contribution in [1.82, 2.24) is 5.32 Å². The first-order valence-corrected chi connectivity index (χ1v) is 7.24. The number of para-hydroxylation sites is 1. The zero-order valence-electron chi connectivity index (χ0n) is 11.7. The zero-order chi connectivity index (χ0) is 14.2. The lowest BCUT2D eigenvalue weighted by molar-refractivity contribution is -0.119. The van der Waals surface area contributed by atoms with Gasteiger partial charge in [-0.3, -0.25) is 4.79 Å². The number of amides is 1. The smallest absolute Gasteiger partial charge is 0.227 e. The highest BCUT2D eigenvalue weighted by Crippen LogP contribution is 2.20. The summed E-state index contributed by atoms with van der Waals surface area (Å²) in [7, 11) is 0. The van der Waals surface area contributed by atoms with Crippen LogP contribution in [0.4, 0.5) is 5.69 Å². The molecule has 1 aromatic carbocycles. The Morgan fingerprint density at radius 3 is 2.85 bits per heavy atom. The molecule has 4 nitrogen and oxygen atoms in total. The Hall–Kier alpha value is -1.86. The number of nitrogens with zero attached hydrogens (tertiary/aromatic N) is 2. The lowest BCUT2D eigenvalue weighted by Gasteiger charge is -2.27. The maximum Gasteiger partial charge on any atom is 0.227 e. The number of hydrogen-bond donors (Lipinski definition) is 1. The van der Waals surface area contributed by atoms with Gasteiger partial charge in [-0.1, -0.05) is 18.2 Å². The van der Waals surface area contributed by atoms with Gasteiger partial charge in [0.2, 0.25) is 5.91 Å². The summed E-state index contributed by atoms with van der Waals surface area (Å²) in [4.78, 5) is 14.3. The van der Waals surface area contributed by atoms with Crippen LogP contribution in [-0.4, -0.2) is 25.5 Å². The Balaban J connectivity index is 2.02. The third-order valence-corrected chi connectivity index (χ3v) is 3.68. The van der Waals surface area contributed by atoms with Gasteiger partial charge in [-0.15, -0.1) is 0 Å². The summed E-state index contributed by atoms with van der Waals surface area (Å²) >= 11 is 0. The second kappa shape index (κ2) is 7.66. The largest absolute Gasteiger partial charge is 0.316 e. The Bertz CT molecular complexity index is 460. The fraction of sp³-hybridized carbons (Fsp3) is 0.500. The Labute approximate surface area is 120 Å². The molecule has 0 bridgehead atoms. The fourth-order valence-corrected chi connectivity index (χ4v) is 2.62. The molecule has 20 heavy (non-hydrogen) atoms. The van der Waals surface area contributed by atoms with Gasteiger partial charge in [-0.2, -0.15) is 5.26 Å². The van der Waals surface area contributed by atoms with Crippen LogP contribution in [0.25, 0.3) is 0 Å². The van der Waals surface area contributed by atoms with E-state index in [0.29, 0.717) is 25.3 Å². The minimum Gasteiger partial charge on any atom is -0.316 e. The molecule has 2 rings (SSSR count). The highest BCUT2D eigenvalue weighted by molar-refractivity contribution is 5.93. The summed E-state index contributed by atoms with van der Waals surface area (Å²) in [6.45, 7) is 2.45. The van der Waals surface area contributed by atoms with E-state index in [4.69, 9.17) is 5.26 Å². The summed E-state index contributed by atoms with van der Waals surface area (Å²) in [5.74, 6) is 0.546. The van der Waals surface area contributed by atoms with E-state index < -0.39 is 0 Å². The van der Waals surface area contributed by atoms with Gasteiger partial charge in [0.1, 0.15) is 0 Å². The first-order chi connectivity index (χ1) is 9.81. The van der Waals surface area contributed by atoms with E-state index in [0.717, 1.165) is 31.6 Å². The third-order valence-electron chi connectivity index (χ3n) is 3.68. The summed E-state index contributed by atoms with van der Waals surface area (Å²) in [6, 6.07) is 11.7. The average molecular weight is 271 g/mol. The van der Waals surface area contributed by atoms with Gasteiger partial charge in [-0.25, -0.2) is 0 Å². The third kappa shape index (κ3) is 4.07. The average Bonchev–Trinajstić information content (AvgIpc) is 2.50. The molecule has 1 aromatic rings. The second-order valence-electron chi connectivity index (χ2n) is 5.21. The molecule has 0 spiro atoms. The number of nitrogens with one attached hydrogen (secondary N) is 1. The summed E-state index contributed by atoms with van der Waals surface area (Å²) < 4.78 is 0. The molecule has 0 aliphatic carbocycles. The van der Waals surface area contributed by atoms with Crippen molar-refractivity contribution in [1.29, 1.82) is 5.26 Å². The number of nitriles is 1. The van der Waals surface area contributed by atoms with Crippen molar-refractivity contribution >= 4 is 11.6 Å². The lowest BCUT2D eigenvalue weighted by Crippen LogP contribution is -2.37. The maximum atomic E-state index is 12.5. The summed E-state index contributed by atoms with van der Waals surface area (Å²) in [5, 5.41) is 12.1. The summed E-state index contributed by atoms with van der Waals surface area (Å²) in [6.07, 6.45) is 3.18. The van der Waals surface area contributed by atoms with Gasteiger partial charge in [0.15, 0.2) is 0 Å². The van der Waals surface area contributed by atoms with Crippen LogP contribution >= 0.6 is 0 Å². The van der Waals surface area contributed by atoms with Gasteiger partial charge in [0, 0.05) is 18.7 Å². The van der Waals surface area contributed by atoms with Crippen molar-refractivity contribution < 1.29 is 4.79 Å². The highest BCUT2D eigenvalue weighted by atomic mass is 16.2. The first-order valence-electron chi connectivity index (χ1n) is 7.24. The van der Waals surface area contributed by atoms with Crippen LogP contribution in [-0.2, 0) is 4.79 Å². The number of carbonyl (C=O) groups is 1. The maximum absolute atomic E-state index is 12.5. The van der Waals surface area contributed by atoms with Gasteiger partial charge < -0.3 is 10.2 Å². The van der Waals surface area contributed by atoms with Crippen LogP contribution in [0, 0.1) is 17.2 Å². The second-order valence-corrected chi connectivity index (χ2v) is 5.21. The van der Waals surface area contributed by atoms with Gasteiger partial charge >= 0.3 is 0 Å². The van der Waals surface area contributed by atoms with E-state index >= 15 is 0 Å². The van der Waals surface area contributed by atoms with E-state index in [1.165, 1.54) is 0 Å². The molecule has 0 radical (unpaired) electrons. The van der Waals surface area contributed by atoms with Crippen LogP contribution in [0.5, 0.6) is 0 Å². The monoisotopic (exact) mass is 271 g/mol. The highest BCUT2D eigenvalue weighted by Gasteiger charge is 2.21. The number of anilines is 1. The van der Waals surface area contributed by atoms with Crippen LogP contribution < -0.4 is 10.2 Å². The van der Waals surface area contributed by atoms with Crippen molar-refractivity contribution in [2.75, 3.05) is 24.5 Å². The van der Waals surface area contributed by atoms with Crippen LogP contribution in [0.3, 0.4) is 0 Å². The number of piperidine rings is 1. The van der Waals surface area contributed by atoms with Crippen LogP contribution in [0.15, 0.2) is 30.3 Å². The minimum absolute atomic E-state index is 0.125. The SMILES string of the molecule is N#CCCN(C(=O)CC1CCCNC1)c1ccccc1. The molecule has 0 aromatic heterocycles. The molecule has 1 heterocycles. The van der Waals surface area contributed by atoms with E-state index in [1.54, 1.807) is 4.90 Å². The normalized spacial score (nSPS) is 18.2. The van der Waals surface area contributed by atoms with E-state index in [2.05, 4.69) is 11.4 Å². The van der Waals surface area contributed by atoms with Crippen molar-refractivity contribution in [3.05, 3.63) is 30.3 Å². The Kier molecular flexibility index (Phi) is 5.57. The number of benzene rings is 1. The van der Waals surface area contributed by atoms with E-state index in [9.17, 15) is 4.79 Å². The van der Waals surface area contributed by atoms with Crippen molar-refractivity contribution in [3.8, 4) is 6.07 Å². The molecule has 1 amide bonds. The number of rotatable bonds is 5. The molecule has 1 aliphatic heterocycles. The molecular formula is C16H21N3O. The predicted molar refractivity (Wildman–Crippen MR) is 79.2 cm³/mol. The van der Waals surface area contributed by atoms with Gasteiger partial charge in [-0.05, 0) is 44.0 Å². The van der Waals surface area contributed by atoms with Crippen molar-refractivity contribution in [2.45, 2.75) is 25.7 Å². The van der Waals surface area contributed by atoms with E-state index in [1.807, 2.05) is 30.3 Å². The molecule has 1 aliphatic rings. The molecule has 4 heteroatoms. The molecule has 1 unspecified atom stereocenters. The fourth-order valence-electron chi connectivity index (χ4n) is 2.62. The quantitative estimate of drug-likeness (QED) is 0.894. The lowest BCUT2D eigenvalue weighted by atomic mass is 9.95. The molecular weight excluding hydrogens is 250 g/mol. The van der Waals surface area contributed by atoms with Crippen LogP contribution in [0.1, 0.15) is 25.7 Å². The molecule has 1 saturated heterocycles. The molecule has 1 fully saturated rings. The predicted octanol–water partition coefficient (Wildman–Crippen LogP) is 2.32. The number of carbonyl (C=O) groups excluding carboxylic acids is 1. The van der Waals surface area contributed by atoms with Crippen LogP contribution in [0.2, 0.25) is 0 Å².